The number of carboxylic acids is 1. The van der Waals surface area contributed by atoms with Crippen molar-refractivity contribution >= 4 is 17.8 Å². The van der Waals surface area contributed by atoms with Gasteiger partial charge in [0.2, 0.25) is 5.91 Å². The summed E-state index contributed by atoms with van der Waals surface area (Å²) in [7, 11) is 0. The normalized spacial score (nSPS) is 24.7. The molecular weight excluding hydrogens is 250 g/mol. The van der Waals surface area contributed by atoms with Crippen LogP contribution in [0.5, 0.6) is 0 Å². The van der Waals surface area contributed by atoms with Gasteiger partial charge in [0.1, 0.15) is 5.41 Å². The Bertz CT molecular complexity index is 402. The Morgan fingerprint density at radius 3 is 2.58 bits per heavy atom. The molecule has 2 fully saturated rings. The molecule has 1 atom stereocenters. The zero-order valence-corrected chi connectivity index (χ0v) is 11.1. The van der Waals surface area contributed by atoms with Crippen molar-refractivity contribution < 1.29 is 24.2 Å². The summed E-state index contributed by atoms with van der Waals surface area (Å²) in [6.45, 7) is 2.70. The Morgan fingerprint density at radius 2 is 2.05 bits per heavy atom. The summed E-state index contributed by atoms with van der Waals surface area (Å²) < 4.78 is 4.95. The number of rotatable bonds is 4. The number of likely N-dealkylation sites (tertiary alicyclic amines) is 1. The molecule has 6 nitrogen and oxygen atoms in total. The van der Waals surface area contributed by atoms with Crippen molar-refractivity contribution in [2.75, 3.05) is 19.7 Å². The van der Waals surface area contributed by atoms with Crippen LogP contribution in [-0.4, -0.2) is 47.5 Å². The van der Waals surface area contributed by atoms with Crippen LogP contribution < -0.4 is 0 Å². The third-order valence-corrected chi connectivity index (χ3v) is 3.88. The highest BCUT2D eigenvalue weighted by atomic mass is 16.5. The minimum Gasteiger partial charge on any atom is -0.481 e. The third kappa shape index (κ3) is 2.57. The number of hydrogen-bond acceptors (Lipinski definition) is 4. The fourth-order valence-corrected chi connectivity index (χ4v) is 2.57. The van der Waals surface area contributed by atoms with E-state index in [1.807, 2.05) is 0 Å². The van der Waals surface area contributed by atoms with Crippen LogP contribution in [0.15, 0.2) is 0 Å². The molecule has 1 saturated heterocycles. The number of carboxylic acid groups (broad SMARTS) is 1. The van der Waals surface area contributed by atoms with Gasteiger partial charge in [0, 0.05) is 13.1 Å². The monoisotopic (exact) mass is 269 g/mol. The Labute approximate surface area is 111 Å². The minimum absolute atomic E-state index is 0.204. The van der Waals surface area contributed by atoms with E-state index < -0.39 is 23.3 Å². The van der Waals surface area contributed by atoms with Crippen molar-refractivity contribution in [1.29, 1.82) is 0 Å². The van der Waals surface area contributed by atoms with E-state index in [2.05, 4.69) is 0 Å². The van der Waals surface area contributed by atoms with Gasteiger partial charge >= 0.3 is 11.9 Å². The molecule has 0 bridgehead atoms. The Balaban J connectivity index is 2.03. The van der Waals surface area contributed by atoms with Gasteiger partial charge in [0.05, 0.1) is 12.5 Å². The molecular formula is C13H19NO5. The number of piperidine rings is 1. The molecule has 2 rings (SSSR count). The molecule has 2 aliphatic rings. The lowest BCUT2D eigenvalue weighted by Crippen LogP contribution is -2.47. The maximum Gasteiger partial charge on any atom is 0.321 e. The number of esters is 1. The fourth-order valence-electron chi connectivity index (χ4n) is 2.57. The summed E-state index contributed by atoms with van der Waals surface area (Å²) in [5.74, 6) is -2.11. The highest BCUT2D eigenvalue weighted by molar-refractivity contribution is 6.05. The van der Waals surface area contributed by atoms with Crippen LogP contribution in [0, 0.1) is 11.3 Å². The van der Waals surface area contributed by atoms with Crippen molar-refractivity contribution in [3.63, 3.8) is 0 Å². The second-order valence-electron chi connectivity index (χ2n) is 5.23. The molecule has 0 radical (unpaired) electrons. The second kappa shape index (κ2) is 5.19. The first kappa shape index (κ1) is 13.8. The smallest absolute Gasteiger partial charge is 0.321 e. The van der Waals surface area contributed by atoms with Crippen LogP contribution in [0.4, 0.5) is 0 Å². The number of nitrogens with zero attached hydrogens (tertiary/aromatic N) is 1. The predicted octanol–water partition coefficient (Wildman–Crippen LogP) is 0.653. The lowest BCUT2D eigenvalue weighted by atomic mass is 9.96. The number of amides is 1. The molecule has 19 heavy (non-hydrogen) atoms. The molecule has 1 aliphatic carbocycles. The van der Waals surface area contributed by atoms with Gasteiger partial charge in [-0.05, 0) is 32.6 Å². The summed E-state index contributed by atoms with van der Waals surface area (Å²) in [6.07, 6.45) is 2.28. The Kier molecular flexibility index (Phi) is 3.78. The van der Waals surface area contributed by atoms with E-state index in [9.17, 15) is 14.4 Å². The van der Waals surface area contributed by atoms with Crippen LogP contribution in [-0.2, 0) is 19.1 Å². The molecule has 1 aliphatic heterocycles. The maximum absolute atomic E-state index is 12.4. The van der Waals surface area contributed by atoms with Gasteiger partial charge in [-0.1, -0.05) is 0 Å². The zero-order chi connectivity index (χ0) is 14.0. The number of carbonyl (C=O) groups is 3. The molecule has 0 aromatic carbocycles. The van der Waals surface area contributed by atoms with Crippen molar-refractivity contribution in [2.45, 2.75) is 32.6 Å². The number of ether oxygens (including phenoxy) is 1. The quantitative estimate of drug-likeness (QED) is 0.598. The lowest BCUT2D eigenvalue weighted by Gasteiger charge is -2.32. The predicted molar refractivity (Wildman–Crippen MR) is 65.2 cm³/mol. The molecule has 6 heteroatoms. The molecule has 1 unspecified atom stereocenters. The van der Waals surface area contributed by atoms with Gasteiger partial charge in [-0.2, -0.15) is 0 Å². The number of hydrogen-bond donors (Lipinski definition) is 1. The highest BCUT2D eigenvalue weighted by Gasteiger charge is 2.59. The summed E-state index contributed by atoms with van der Waals surface area (Å²) in [4.78, 5) is 36.8. The molecule has 1 saturated carbocycles. The van der Waals surface area contributed by atoms with Gasteiger partial charge in [-0.15, -0.1) is 0 Å². The van der Waals surface area contributed by atoms with Crippen LogP contribution in [0.1, 0.15) is 32.6 Å². The minimum atomic E-state index is -1.02. The van der Waals surface area contributed by atoms with E-state index in [4.69, 9.17) is 9.84 Å². The first-order valence-corrected chi connectivity index (χ1v) is 6.70. The van der Waals surface area contributed by atoms with Gasteiger partial charge in [0.25, 0.3) is 0 Å². The van der Waals surface area contributed by atoms with E-state index >= 15 is 0 Å². The summed E-state index contributed by atoms with van der Waals surface area (Å²) in [5, 5.41) is 9.02. The standard InChI is InChI=1S/C13H19NO5/c1-2-19-12(18)13(5-6-13)11(17)14-7-3-4-9(8-14)10(15)16/h9H,2-8H2,1H3,(H,15,16). The van der Waals surface area contributed by atoms with Crippen LogP contribution in [0.3, 0.4) is 0 Å². The zero-order valence-electron chi connectivity index (χ0n) is 11.1. The topological polar surface area (TPSA) is 83.9 Å². The van der Waals surface area contributed by atoms with E-state index in [1.54, 1.807) is 6.92 Å². The van der Waals surface area contributed by atoms with Gasteiger partial charge in [-0.3, -0.25) is 14.4 Å². The van der Waals surface area contributed by atoms with Crippen molar-refractivity contribution in [1.82, 2.24) is 4.90 Å². The lowest BCUT2D eigenvalue weighted by molar-refractivity contribution is -0.159. The van der Waals surface area contributed by atoms with Gasteiger partial charge in [-0.25, -0.2) is 0 Å². The van der Waals surface area contributed by atoms with Gasteiger partial charge in [0.15, 0.2) is 0 Å². The number of aliphatic carboxylic acids is 1. The van der Waals surface area contributed by atoms with E-state index in [0.717, 1.165) is 0 Å². The second-order valence-corrected chi connectivity index (χ2v) is 5.23. The van der Waals surface area contributed by atoms with Gasteiger partial charge < -0.3 is 14.7 Å². The van der Waals surface area contributed by atoms with Crippen molar-refractivity contribution in [3.05, 3.63) is 0 Å². The van der Waals surface area contributed by atoms with Crippen LogP contribution in [0.2, 0.25) is 0 Å². The molecule has 106 valence electrons. The Hall–Kier alpha value is -1.59. The third-order valence-electron chi connectivity index (χ3n) is 3.88. The molecule has 1 amide bonds. The first-order valence-electron chi connectivity index (χ1n) is 6.70. The molecule has 1 heterocycles. The largest absolute Gasteiger partial charge is 0.481 e. The maximum atomic E-state index is 12.4. The molecule has 0 spiro atoms. The molecule has 0 aromatic rings. The van der Waals surface area contributed by atoms with E-state index in [-0.39, 0.29) is 19.1 Å². The van der Waals surface area contributed by atoms with Crippen LogP contribution in [0.25, 0.3) is 0 Å². The summed E-state index contributed by atoms with van der Waals surface area (Å²) >= 11 is 0. The Morgan fingerprint density at radius 1 is 1.37 bits per heavy atom. The van der Waals surface area contributed by atoms with Crippen molar-refractivity contribution in [3.8, 4) is 0 Å². The van der Waals surface area contributed by atoms with E-state index in [0.29, 0.717) is 32.2 Å². The van der Waals surface area contributed by atoms with Crippen molar-refractivity contribution in [2.24, 2.45) is 11.3 Å². The summed E-state index contributed by atoms with van der Waals surface area (Å²) in [6, 6.07) is 0. The molecule has 1 N–H and O–H groups in total. The average Bonchev–Trinajstić information content (AvgIpc) is 3.20. The van der Waals surface area contributed by atoms with Crippen LogP contribution >= 0.6 is 0 Å². The average molecular weight is 269 g/mol. The summed E-state index contributed by atoms with van der Waals surface area (Å²) in [5.41, 5.74) is -1.02. The number of carbonyl (C=O) groups excluding carboxylic acids is 2. The fraction of sp³-hybridized carbons (Fsp3) is 0.769. The SMILES string of the molecule is CCOC(=O)C1(C(=O)N2CCCC(C(=O)O)C2)CC1. The molecule has 0 aromatic heterocycles. The highest BCUT2D eigenvalue weighted by Crippen LogP contribution is 2.48. The first-order chi connectivity index (χ1) is 9.01. The van der Waals surface area contributed by atoms with E-state index in [1.165, 1.54) is 4.90 Å².